The van der Waals surface area contributed by atoms with Gasteiger partial charge in [0.25, 0.3) is 0 Å². The molecule has 0 heterocycles. The van der Waals surface area contributed by atoms with Crippen LogP contribution in [0.25, 0.3) is 0 Å². The van der Waals surface area contributed by atoms with Gasteiger partial charge < -0.3 is 14.7 Å². The molecule has 0 fully saturated rings. The first-order valence-electron chi connectivity index (χ1n) is 7.71. The molecule has 21 heavy (non-hydrogen) atoms. The maximum Gasteiger partial charge on any atom is 0.163 e. The Balaban J connectivity index is 2.52. The van der Waals surface area contributed by atoms with Crippen molar-refractivity contribution in [2.45, 2.75) is 39.7 Å². The Labute approximate surface area is 127 Å². The number of carbonyl (C=O) groups excluding carboxylic acids is 1. The summed E-state index contributed by atoms with van der Waals surface area (Å²) >= 11 is 0. The van der Waals surface area contributed by atoms with E-state index in [0.717, 1.165) is 25.9 Å². The summed E-state index contributed by atoms with van der Waals surface area (Å²) in [6.07, 6.45) is 1.59. The first kappa shape index (κ1) is 17.7. The summed E-state index contributed by atoms with van der Waals surface area (Å²) in [6.45, 7) is 8.55. The Morgan fingerprint density at radius 2 is 1.86 bits per heavy atom. The summed E-state index contributed by atoms with van der Waals surface area (Å²) in [5, 5.41) is 10.1. The van der Waals surface area contributed by atoms with Crippen LogP contribution in [0.2, 0.25) is 0 Å². The van der Waals surface area contributed by atoms with E-state index in [1.165, 1.54) is 6.92 Å². The zero-order chi connectivity index (χ0) is 15.7. The molecule has 1 atom stereocenters. The lowest BCUT2D eigenvalue weighted by molar-refractivity contribution is 0.0674. The van der Waals surface area contributed by atoms with Gasteiger partial charge in [0.05, 0.1) is 5.56 Å². The molecule has 0 aliphatic heterocycles. The van der Waals surface area contributed by atoms with Crippen molar-refractivity contribution < 1.29 is 14.6 Å². The van der Waals surface area contributed by atoms with Crippen molar-refractivity contribution in [2.24, 2.45) is 0 Å². The Hall–Kier alpha value is -1.39. The van der Waals surface area contributed by atoms with E-state index in [1.54, 1.807) is 12.1 Å². The van der Waals surface area contributed by atoms with E-state index in [4.69, 9.17) is 4.74 Å². The second-order valence-electron chi connectivity index (χ2n) is 5.32. The fourth-order valence-corrected chi connectivity index (χ4v) is 2.35. The van der Waals surface area contributed by atoms with Crippen LogP contribution in [0.1, 0.15) is 44.0 Å². The highest BCUT2D eigenvalue weighted by Gasteiger charge is 2.13. The Bertz CT molecular complexity index is 428. The van der Waals surface area contributed by atoms with E-state index in [9.17, 15) is 9.90 Å². The number of ketones is 1. The molecule has 0 saturated carbocycles. The quantitative estimate of drug-likeness (QED) is 0.674. The highest BCUT2D eigenvalue weighted by atomic mass is 16.5. The Kier molecular flexibility index (Phi) is 8.01. The van der Waals surface area contributed by atoms with E-state index in [1.807, 2.05) is 12.1 Å². The van der Waals surface area contributed by atoms with Crippen molar-refractivity contribution in [1.82, 2.24) is 4.90 Å². The van der Waals surface area contributed by atoms with Gasteiger partial charge in [-0.1, -0.05) is 26.0 Å². The Morgan fingerprint density at radius 3 is 2.43 bits per heavy atom. The molecule has 0 bridgehead atoms. The van der Waals surface area contributed by atoms with E-state index >= 15 is 0 Å². The maximum atomic E-state index is 11.5. The summed E-state index contributed by atoms with van der Waals surface area (Å²) in [7, 11) is 0. The van der Waals surface area contributed by atoms with Gasteiger partial charge in [-0.15, -0.1) is 0 Å². The molecule has 118 valence electrons. The number of nitrogens with zero attached hydrogens (tertiary/aromatic N) is 1. The van der Waals surface area contributed by atoms with Gasteiger partial charge in [-0.3, -0.25) is 4.79 Å². The molecule has 1 rings (SSSR count). The van der Waals surface area contributed by atoms with Crippen LogP contribution in [0.15, 0.2) is 24.3 Å². The zero-order valence-corrected chi connectivity index (χ0v) is 13.3. The average molecular weight is 293 g/mol. The maximum absolute atomic E-state index is 11.5. The first-order valence-corrected chi connectivity index (χ1v) is 7.71. The normalized spacial score (nSPS) is 12.4. The lowest BCUT2D eigenvalue weighted by Crippen LogP contribution is -2.36. The standard InChI is InChI=1S/C17H27NO3/c1-4-10-18(11-5-2)12-15(20)13-21-17-9-7-6-8-16(17)14(3)19/h6-9,15,20H,4-5,10-13H2,1-3H3/t15-/m1/s1. The molecule has 1 N–H and O–H groups in total. The van der Waals surface area contributed by atoms with Crippen LogP contribution < -0.4 is 4.74 Å². The Morgan fingerprint density at radius 1 is 1.24 bits per heavy atom. The summed E-state index contributed by atoms with van der Waals surface area (Å²) in [5.74, 6) is 0.514. The summed E-state index contributed by atoms with van der Waals surface area (Å²) < 4.78 is 5.62. The van der Waals surface area contributed by atoms with Crippen LogP contribution in [0.5, 0.6) is 5.75 Å². The fourth-order valence-electron chi connectivity index (χ4n) is 2.35. The molecule has 4 nitrogen and oxygen atoms in total. The third kappa shape index (κ3) is 6.27. The van der Waals surface area contributed by atoms with Crippen molar-refractivity contribution in [1.29, 1.82) is 0 Å². The first-order chi connectivity index (χ1) is 10.1. The van der Waals surface area contributed by atoms with E-state index in [-0.39, 0.29) is 12.4 Å². The number of aliphatic hydroxyl groups is 1. The molecule has 4 heteroatoms. The monoisotopic (exact) mass is 293 g/mol. The molecule has 1 aromatic carbocycles. The number of carbonyl (C=O) groups is 1. The fraction of sp³-hybridized carbons (Fsp3) is 0.588. The number of para-hydroxylation sites is 1. The van der Waals surface area contributed by atoms with Gasteiger partial charge in [0.15, 0.2) is 5.78 Å². The third-order valence-electron chi connectivity index (χ3n) is 3.25. The molecule has 0 aliphatic rings. The summed E-state index contributed by atoms with van der Waals surface area (Å²) in [6, 6.07) is 7.14. The highest BCUT2D eigenvalue weighted by molar-refractivity contribution is 5.96. The summed E-state index contributed by atoms with van der Waals surface area (Å²) in [5.41, 5.74) is 0.559. The van der Waals surface area contributed by atoms with E-state index in [2.05, 4.69) is 18.7 Å². The molecule has 0 amide bonds. The minimum atomic E-state index is -0.553. The highest BCUT2D eigenvalue weighted by Crippen LogP contribution is 2.18. The van der Waals surface area contributed by atoms with Crippen LogP contribution in [0, 0.1) is 0 Å². The average Bonchev–Trinajstić information content (AvgIpc) is 2.46. The zero-order valence-electron chi connectivity index (χ0n) is 13.3. The molecule has 0 radical (unpaired) electrons. The number of ether oxygens (including phenoxy) is 1. The topological polar surface area (TPSA) is 49.8 Å². The van der Waals surface area contributed by atoms with Crippen molar-refractivity contribution in [2.75, 3.05) is 26.2 Å². The predicted molar refractivity (Wildman–Crippen MR) is 85.0 cm³/mol. The van der Waals surface area contributed by atoms with Crippen molar-refractivity contribution >= 4 is 5.78 Å². The molecule has 1 aromatic rings. The van der Waals surface area contributed by atoms with Gasteiger partial charge in [0, 0.05) is 6.54 Å². The van der Waals surface area contributed by atoms with Gasteiger partial charge in [0.1, 0.15) is 18.5 Å². The molecular formula is C17H27NO3. The van der Waals surface area contributed by atoms with Crippen LogP contribution in [0.4, 0.5) is 0 Å². The number of benzene rings is 1. The molecule has 0 aromatic heterocycles. The van der Waals surface area contributed by atoms with Crippen LogP contribution in [-0.2, 0) is 0 Å². The second-order valence-corrected chi connectivity index (χ2v) is 5.32. The second kappa shape index (κ2) is 9.53. The van der Waals surface area contributed by atoms with Gasteiger partial charge in [-0.2, -0.15) is 0 Å². The third-order valence-corrected chi connectivity index (χ3v) is 3.25. The van der Waals surface area contributed by atoms with Gasteiger partial charge >= 0.3 is 0 Å². The molecule has 0 unspecified atom stereocenters. The number of rotatable bonds is 10. The minimum Gasteiger partial charge on any atom is -0.490 e. The molecular weight excluding hydrogens is 266 g/mol. The van der Waals surface area contributed by atoms with Crippen molar-refractivity contribution in [3.63, 3.8) is 0 Å². The smallest absolute Gasteiger partial charge is 0.163 e. The number of Topliss-reactive ketones (excluding diaryl/α,β-unsaturated/α-hetero) is 1. The van der Waals surface area contributed by atoms with Crippen LogP contribution >= 0.6 is 0 Å². The minimum absolute atomic E-state index is 0.0290. The van der Waals surface area contributed by atoms with E-state index < -0.39 is 6.10 Å². The number of hydrogen-bond acceptors (Lipinski definition) is 4. The van der Waals surface area contributed by atoms with Crippen LogP contribution in [0.3, 0.4) is 0 Å². The van der Waals surface area contributed by atoms with Crippen molar-refractivity contribution in [3.8, 4) is 5.75 Å². The van der Waals surface area contributed by atoms with Gasteiger partial charge in [-0.25, -0.2) is 0 Å². The predicted octanol–water partition coefficient (Wildman–Crippen LogP) is 2.75. The summed E-state index contributed by atoms with van der Waals surface area (Å²) in [4.78, 5) is 13.7. The molecule has 0 aliphatic carbocycles. The van der Waals surface area contributed by atoms with Crippen molar-refractivity contribution in [3.05, 3.63) is 29.8 Å². The molecule has 0 saturated heterocycles. The lowest BCUT2D eigenvalue weighted by Gasteiger charge is -2.24. The number of aliphatic hydroxyl groups excluding tert-OH is 1. The van der Waals surface area contributed by atoms with Crippen LogP contribution in [-0.4, -0.2) is 48.1 Å². The number of hydrogen-bond donors (Lipinski definition) is 1. The lowest BCUT2D eigenvalue weighted by atomic mass is 10.1. The van der Waals surface area contributed by atoms with E-state index in [0.29, 0.717) is 17.9 Å². The largest absolute Gasteiger partial charge is 0.490 e. The SMILES string of the molecule is CCCN(CCC)C[C@@H](O)COc1ccccc1C(C)=O. The molecule has 0 spiro atoms. The van der Waals surface area contributed by atoms with Gasteiger partial charge in [0.2, 0.25) is 0 Å². The van der Waals surface area contributed by atoms with Gasteiger partial charge in [-0.05, 0) is 45.0 Å².